The van der Waals surface area contributed by atoms with Gasteiger partial charge in [0.1, 0.15) is 11.5 Å². The van der Waals surface area contributed by atoms with Crippen molar-refractivity contribution in [2.75, 3.05) is 0 Å². The number of rotatable bonds is 6. The molecule has 172 valence electrons. The number of benzene rings is 2. The molecule has 0 saturated carbocycles. The monoisotopic (exact) mass is 460 g/mol. The minimum absolute atomic E-state index is 0.00959. The lowest BCUT2D eigenvalue weighted by Crippen LogP contribution is -2.21. The molecule has 2 aromatic carbocycles. The fourth-order valence-electron chi connectivity index (χ4n) is 4.08. The third-order valence-electron chi connectivity index (χ3n) is 5.63. The van der Waals surface area contributed by atoms with Crippen molar-refractivity contribution in [1.29, 1.82) is 0 Å². The smallest absolute Gasteiger partial charge is 0.267 e. The van der Waals surface area contributed by atoms with E-state index < -0.39 is 23.5 Å². The number of aryl methyl sites for hydroxylation is 1. The second-order valence-corrected chi connectivity index (χ2v) is 7.87. The predicted molar refractivity (Wildman–Crippen MR) is 123 cm³/mol. The van der Waals surface area contributed by atoms with E-state index in [2.05, 4.69) is 10.1 Å². The van der Waals surface area contributed by atoms with Gasteiger partial charge >= 0.3 is 0 Å². The number of carbonyl (C=O) groups excluding carboxylic acids is 3. The predicted octanol–water partition coefficient (Wildman–Crippen LogP) is 2.20. The first-order valence-corrected chi connectivity index (χ1v) is 10.2. The Bertz CT molecular complexity index is 1490. The third-order valence-corrected chi connectivity index (χ3v) is 5.63. The third kappa shape index (κ3) is 3.85. The number of fused-ring (bicyclic) bond motifs is 1. The van der Waals surface area contributed by atoms with E-state index >= 15 is 0 Å². The van der Waals surface area contributed by atoms with Gasteiger partial charge in [0.25, 0.3) is 5.91 Å². The SMILES string of the molecule is Cc1nn(Cc2ccc(C(N)=O)cc2)c(C)c1-c1c(C(N)=O)nc2cc(F)ccc2c1C(N)=O. The average Bonchev–Trinajstić information content (AvgIpc) is 3.04. The fourth-order valence-corrected chi connectivity index (χ4v) is 4.08. The number of hydrogen-bond donors (Lipinski definition) is 3. The summed E-state index contributed by atoms with van der Waals surface area (Å²) < 4.78 is 15.5. The van der Waals surface area contributed by atoms with Gasteiger partial charge in [-0.05, 0) is 43.7 Å². The Morgan fingerprint density at radius 2 is 1.59 bits per heavy atom. The summed E-state index contributed by atoms with van der Waals surface area (Å²) in [6.45, 7) is 3.84. The number of halogens is 1. The molecule has 0 aliphatic rings. The van der Waals surface area contributed by atoms with Crippen LogP contribution in [-0.4, -0.2) is 32.5 Å². The Hall–Kier alpha value is -4.60. The molecule has 0 radical (unpaired) electrons. The molecular formula is C24H21FN6O3. The molecule has 6 N–H and O–H groups in total. The second kappa shape index (κ2) is 8.39. The summed E-state index contributed by atoms with van der Waals surface area (Å²) >= 11 is 0. The van der Waals surface area contributed by atoms with Crippen LogP contribution in [0.1, 0.15) is 48.2 Å². The molecule has 2 aromatic heterocycles. The molecule has 0 atom stereocenters. The maximum atomic E-state index is 13.8. The summed E-state index contributed by atoms with van der Waals surface area (Å²) in [5, 5.41) is 4.86. The molecule has 0 aliphatic carbocycles. The number of primary amides is 3. The maximum absolute atomic E-state index is 13.8. The van der Waals surface area contributed by atoms with Crippen molar-refractivity contribution in [3.05, 3.63) is 82.1 Å². The van der Waals surface area contributed by atoms with Gasteiger partial charge in [-0.15, -0.1) is 0 Å². The molecule has 4 rings (SSSR count). The Labute approximate surface area is 193 Å². The lowest BCUT2D eigenvalue weighted by Gasteiger charge is -2.15. The normalized spacial score (nSPS) is 11.0. The molecule has 0 saturated heterocycles. The molecule has 0 fully saturated rings. The lowest BCUT2D eigenvalue weighted by molar-refractivity contribution is 0.0988. The number of nitrogens with two attached hydrogens (primary N) is 3. The van der Waals surface area contributed by atoms with Gasteiger partial charge in [-0.2, -0.15) is 5.10 Å². The molecule has 0 aliphatic heterocycles. The highest BCUT2D eigenvalue weighted by atomic mass is 19.1. The zero-order valence-corrected chi connectivity index (χ0v) is 18.4. The maximum Gasteiger partial charge on any atom is 0.267 e. The Morgan fingerprint density at radius 3 is 2.18 bits per heavy atom. The van der Waals surface area contributed by atoms with Crippen LogP contribution in [0.4, 0.5) is 4.39 Å². The van der Waals surface area contributed by atoms with Crippen LogP contribution >= 0.6 is 0 Å². The van der Waals surface area contributed by atoms with Gasteiger partial charge in [-0.1, -0.05) is 12.1 Å². The first kappa shape index (κ1) is 22.6. The minimum Gasteiger partial charge on any atom is -0.366 e. The highest BCUT2D eigenvalue weighted by Gasteiger charge is 2.27. The highest BCUT2D eigenvalue weighted by molar-refractivity contribution is 6.15. The van der Waals surface area contributed by atoms with Crippen molar-refractivity contribution in [2.24, 2.45) is 17.2 Å². The Balaban J connectivity index is 1.93. The van der Waals surface area contributed by atoms with Crippen molar-refractivity contribution in [2.45, 2.75) is 20.4 Å². The van der Waals surface area contributed by atoms with Gasteiger partial charge in [0.2, 0.25) is 11.8 Å². The van der Waals surface area contributed by atoms with Crippen molar-refractivity contribution in [3.63, 3.8) is 0 Å². The summed E-state index contributed by atoms with van der Waals surface area (Å²) in [4.78, 5) is 40.5. The van der Waals surface area contributed by atoms with E-state index in [0.717, 1.165) is 11.6 Å². The molecule has 0 unspecified atom stereocenters. The van der Waals surface area contributed by atoms with Crippen LogP contribution in [0.25, 0.3) is 22.0 Å². The molecule has 0 spiro atoms. The molecule has 4 aromatic rings. The molecule has 0 bridgehead atoms. The number of nitrogens with zero attached hydrogens (tertiary/aromatic N) is 3. The Kier molecular flexibility index (Phi) is 5.58. The van der Waals surface area contributed by atoms with E-state index in [1.807, 2.05) is 0 Å². The lowest BCUT2D eigenvalue weighted by atomic mass is 9.92. The molecule has 2 heterocycles. The van der Waals surface area contributed by atoms with E-state index in [-0.39, 0.29) is 22.3 Å². The van der Waals surface area contributed by atoms with Crippen molar-refractivity contribution >= 4 is 28.6 Å². The van der Waals surface area contributed by atoms with E-state index in [4.69, 9.17) is 17.2 Å². The highest BCUT2D eigenvalue weighted by Crippen LogP contribution is 2.36. The molecule has 9 nitrogen and oxygen atoms in total. The van der Waals surface area contributed by atoms with Gasteiger partial charge in [0.15, 0.2) is 0 Å². The minimum atomic E-state index is -0.891. The molecular weight excluding hydrogens is 439 g/mol. The van der Waals surface area contributed by atoms with Gasteiger partial charge in [-0.25, -0.2) is 9.37 Å². The van der Waals surface area contributed by atoms with Crippen LogP contribution in [0, 0.1) is 19.7 Å². The number of amides is 3. The quantitative estimate of drug-likeness (QED) is 0.401. The molecule has 34 heavy (non-hydrogen) atoms. The first-order valence-electron chi connectivity index (χ1n) is 10.2. The zero-order chi connectivity index (χ0) is 24.7. The van der Waals surface area contributed by atoms with E-state index in [1.165, 1.54) is 12.1 Å². The number of carbonyl (C=O) groups is 3. The van der Waals surface area contributed by atoms with Crippen LogP contribution in [0.3, 0.4) is 0 Å². The first-order chi connectivity index (χ1) is 16.1. The van der Waals surface area contributed by atoms with Gasteiger partial charge < -0.3 is 17.2 Å². The topological polar surface area (TPSA) is 160 Å². The number of aromatic nitrogens is 3. The Morgan fingerprint density at radius 1 is 0.912 bits per heavy atom. The van der Waals surface area contributed by atoms with Crippen LogP contribution in [0.5, 0.6) is 0 Å². The van der Waals surface area contributed by atoms with Gasteiger partial charge in [0, 0.05) is 33.8 Å². The van der Waals surface area contributed by atoms with Crippen molar-refractivity contribution < 1.29 is 18.8 Å². The van der Waals surface area contributed by atoms with Gasteiger partial charge in [0.05, 0.1) is 23.3 Å². The van der Waals surface area contributed by atoms with E-state index in [0.29, 0.717) is 34.4 Å². The number of hydrogen-bond acceptors (Lipinski definition) is 5. The standard InChI is InChI=1S/C24H21FN6O3/c1-11-18(12(2)31(30-11)10-13-3-5-14(6-4-13)22(26)32)20-19(23(27)33)16-8-7-15(25)9-17(16)29-21(20)24(28)34/h3-9H,10H2,1-2H3,(H2,26,32)(H2,27,33)(H2,28,34). The van der Waals surface area contributed by atoms with Crippen LogP contribution in [0.2, 0.25) is 0 Å². The van der Waals surface area contributed by atoms with Crippen LogP contribution in [0.15, 0.2) is 42.5 Å². The van der Waals surface area contributed by atoms with Crippen LogP contribution < -0.4 is 17.2 Å². The van der Waals surface area contributed by atoms with Crippen molar-refractivity contribution in [3.8, 4) is 11.1 Å². The summed E-state index contributed by atoms with van der Waals surface area (Å²) in [6, 6.07) is 10.4. The summed E-state index contributed by atoms with van der Waals surface area (Å²) in [6.07, 6.45) is 0. The van der Waals surface area contributed by atoms with Gasteiger partial charge in [-0.3, -0.25) is 19.1 Å². The zero-order valence-electron chi connectivity index (χ0n) is 18.4. The van der Waals surface area contributed by atoms with E-state index in [9.17, 15) is 18.8 Å². The fraction of sp³-hybridized carbons (Fsp3) is 0.125. The molecule has 10 heteroatoms. The summed E-state index contributed by atoms with van der Waals surface area (Å²) in [7, 11) is 0. The summed E-state index contributed by atoms with van der Waals surface area (Å²) in [5.74, 6) is -2.81. The average molecular weight is 460 g/mol. The second-order valence-electron chi connectivity index (χ2n) is 7.87. The molecule has 3 amide bonds. The number of pyridine rings is 1. The summed E-state index contributed by atoms with van der Waals surface area (Å²) in [5.41, 5.74) is 19.5. The van der Waals surface area contributed by atoms with E-state index in [1.54, 1.807) is 42.8 Å². The largest absolute Gasteiger partial charge is 0.366 e. The van der Waals surface area contributed by atoms with Crippen molar-refractivity contribution in [1.82, 2.24) is 14.8 Å². The van der Waals surface area contributed by atoms with Crippen LogP contribution in [-0.2, 0) is 6.54 Å².